The third-order valence-corrected chi connectivity index (χ3v) is 6.18. The van der Waals surface area contributed by atoms with Crippen molar-refractivity contribution in [2.45, 2.75) is 38.3 Å². The highest BCUT2D eigenvalue weighted by Gasteiger charge is 2.39. The van der Waals surface area contributed by atoms with Gasteiger partial charge in [-0.05, 0) is 43.0 Å². The lowest BCUT2D eigenvalue weighted by molar-refractivity contribution is -0.139. The zero-order valence-electron chi connectivity index (χ0n) is 17.0. The number of hydrogen-bond donors (Lipinski definition) is 0. The molecule has 1 aliphatic heterocycles. The Labute approximate surface area is 171 Å². The lowest BCUT2D eigenvalue weighted by atomic mass is 9.94. The van der Waals surface area contributed by atoms with Gasteiger partial charge >= 0.3 is 0 Å². The molecule has 1 atom stereocenters. The van der Waals surface area contributed by atoms with Crippen LogP contribution in [-0.2, 0) is 11.3 Å². The van der Waals surface area contributed by atoms with Crippen molar-refractivity contribution < 1.29 is 18.4 Å². The summed E-state index contributed by atoms with van der Waals surface area (Å²) >= 11 is 0. The Morgan fingerprint density at radius 3 is 2.38 bits per heavy atom. The van der Waals surface area contributed by atoms with E-state index in [2.05, 4.69) is 4.90 Å². The van der Waals surface area contributed by atoms with Crippen LogP contribution in [0.1, 0.15) is 42.0 Å². The third kappa shape index (κ3) is 4.40. The van der Waals surface area contributed by atoms with Crippen LogP contribution in [0.5, 0.6) is 0 Å². The highest BCUT2D eigenvalue weighted by molar-refractivity contribution is 5.91. The van der Waals surface area contributed by atoms with E-state index in [1.807, 2.05) is 24.1 Å². The van der Waals surface area contributed by atoms with Gasteiger partial charge in [0.05, 0.1) is 25.1 Å². The Bertz CT molecular complexity index is 788. The lowest BCUT2D eigenvalue weighted by Crippen LogP contribution is -2.58. The van der Waals surface area contributed by atoms with Crippen molar-refractivity contribution in [1.82, 2.24) is 14.7 Å². The van der Waals surface area contributed by atoms with Gasteiger partial charge < -0.3 is 18.6 Å². The molecule has 4 rings (SSSR count). The number of carbonyl (C=O) groups excluding carboxylic acids is 2. The molecular formula is C22H29N3O4. The van der Waals surface area contributed by atoms with Crippen molar-refractivity contribution in [3.63, 3.8) is 0 Å². The number of rotatable bonds is 6. The van der Waals surface area contributed by atoms with Gasteiger partial charge in [-0.2, -0.15) is 0 Å². The molecule has 2 aromatic rings. The average molecular weight is 399 g/mol. The van der Waals surface area contributed by atoms with E-state index in [9.17, 15) is 9.59 Å². The molecule has 1 saturated carbocycles. The smallest absolute Gasteiger partial charge is 0.289 e. The number of amides is 2. The summed E-state index contributed by atoms with van der Waals surface area (Å²) in [5.74, 6) is 1.63. The number of carbonyl (C=O) groups is 2. The van der Waals surface area contributed by atoms with Gasteiger partial charge in [0.2, 0.25) is 5.91 Å². The lowest BCUT2D eigenvalue weighted by Gasteiger charge is -2.41. The molecular weight excluding hydrogens is 370 g/mol. The molecule has 0 bridgehead atoms. The first-order valence-corrected chi connectivity index (χ1v) is 10.5. The van der Waals surface area contributed by atoms with Crippen LogP contribution < -0.4 is 0 Å². The van der Waals surface area contributed by atoms with Crippen molar-refractivity contribution in [2.24, 2.45) is 5.92 Å². The van der Waals surface area contributed by atoms with Gasteiger partial charge in [-0.3, -0.25) is 14.5 Å². The molecule has 2 fully saturated rings. The van der Waals surface area contributed by atoms with Gasteiger partial charge in [0.25, 0.3) is 5.91 Å². The van der Waals surface area contributed by atoms with Crippen LogP contribution in [0.25, 0.3) is 0 Å². The summed E-state index contributed by atoms with van der Waals surface area (Å²) in [7, 11) is 1.85. The van der Waals surface area contributed by atoms with Gasteiger partial charge in [0.1, 0.15) is 5.76 Å². The van der Waals surface area contributed by atoms with E-state index in [0.717, 1.165) is 18.6 Å². The molecule has 2 amide bonds. The topological polar surface area (TPSA) is 70.1 Å². The van der Waals surface area contributed by atoms with Crippen molar-refractivity contribution in [3.05, 3.63) is 48.3 Å². The van der Waals surface area contributed by atoms with Gasteiger partial charge in [-0.15, -0.1) is 0 Å². The van der Waals surface area contributed by atoms with E-state index in [4.69, 9.17) is 8.83 Å². The highest BCUT2D eigenvalue weighted by atomic mass is 16.3. The second-order valence-corrected chi connectivity index (χ2v) is 8.07. The first-order chi connectivity index (χ1) is 14.1. The van der Waals surface area contributed by atoms with Gasteiger partial charge in [0.15, 0.2) is 5.76 Å². The van der Waals surface area contributed by atoms with Crippen LogP contribution in [0.2, 0.25) is 0 Å². The maximum absolute atomic E-state index is 13.4. The maximum Gasteiger partial charge on any atom is 0.289 e. The molecule has 3 heterocycles. The fraction of sp³-hybridized carbons (Fsp3) is 0.545. The summed E-state index contributed by atoms with van der Waals surface area (Å²) in [4.78, 5) is 31.8. The second-order valence-electron chi connectivity index (χ2n) is 8.07. The minimum absolute atomic E-state index is 0.0756. The number of nitrogens with zero attached hydrogens (tertiary/aromatic N) is 3. The molecule has 0 unspecified atom stereocenters. The summed E-state index contributed by atoms with van der Waals surface area (Å²) in [6, 6.07) is 7.04. The molecule has 0 N–H and O–H groups in total. The Hall–Kier alpha value is -2.54. The Morgan fingerprint density at radius 1 is 1.07 bits per heavy atom. The maximum atomic E-state index is 13.4. The van der Waals surface area contributed by atoms with Crippen LogP contribution >= 0.6 is 0 Å². The van der Waals surface area contributed by atoms with Crippen LogP contribution in [0.3, 0.4) is 0 Å². The summed E-state index contributed by atoms with van der Waals surface area (Å²) in [6.45, 7) is 3.10. The molecule has 156 valence electrons. The SMILES string of the molecule is CN(Cc1ccco1)C(=O)[C@H](C1CCCC1)N1CCN(C(=O)c2ccco2)CC1. The highest BCUT2D eigenvalue weighted by Crippen LogP contribution is 2.32. The minimum Gasteiger partial charge on any atom is -0.467 e. The van der Waals surface area contributed by atoms with Gasteiger partial charge in [-0.1, -0.05) is 12.8 Å². The monoisotopic (exact) mass is 399 g/mol. The Kier molecular flexibility index (Phi) is 6.04. The van der Waals surface area contributed by atoms with Crippen molar-refractivity contribution in [3.8, 4) is 0 Å². The van der Waals surface area contributed by atoms with Crippen LogP contribution in [0, 0.1) is 5.92 Å². The van der Waals surface area contributed by atoms with E-state index < -0.39 is 0 Å². The zero-order chi connectivity index (χ0) is 20.2. The van der Waals surface area contributed by atoms with E-state index in [1.165, 1.54) is 19.1 Å². The summed E-state index contributed by atoms with van der Waals surface area (Å²) < 4.78 is 10.7. The van der Waals surface area contributed by atoms with E-state index in [1.54, 1.807) is 23.3 Å². The van der Waals surface area contributed by atoms with Crippen LogP contribution in [0.15, 0.2) is 45.6 Å². The molecule has 7 nitrogen and oxygen atoms in total. The molecule has 29 heavy (non-hydrogen) atoms. The number of furan rings is 2. The van der Waals surface area contributed by atoms with E-state index in [-0.39, 0.29) is 17.9 Å². The molecule has 1 saturated heterocycles. The molecule has 0 radical (unpaired) electrons. The van der Waals surface area contributed by atoms with Crippen LogP contribution in [0.4, 0.5) is 0 Å². The number of piperazine rings is 1. The quantitative estimate of drug-likeness (QED) is 0.747. The molecule has 2 aliphatic rings. The van der Waals surface area contributed by atoms with Crippen LogP contribution in [-0.4, -0.2) is 65.8 Å². The summed E-state index contributed by atoms with van der Waals surface area (Å²) in [5, 5.41) is 0. The standard InChI is InChI=1S/C22H29N3O4/c1-23(16-18-8-4-14-28-18)22(27)20(17-6-2-3-7-17)24-10-12-25(13-11-24)21(26)19-9-5-15-29-19/h4-5,8-9,14-15,17,20H,2-3,6-7,10-13,16H2,1H3/t20-/m0/s1. The largest absolute Gasteiger partial charge is 0.467 e. The Balaban J connectivity index is 1.42. The first-order valence-electron chi connectivity index (χ1n) is 10.5. The molecule has 0 aromatic carbocycles. The van der Waals surface area contributed by atoms with Gasteiger partial charge in [-0.25, -0.2) is 0 Å². The number of likely N-dealkylation sites (N-methyl/N-ethyl adjacent to an activating group) is 1. The second kappa shape index (κ2) is 8.86. The van der Waals surface area contributed by atoms with Crippen molar-refractivity contribution in [1.29, 1.82) is 0 Å². The predicted molar refractivity (Wildman–Crippen MR) is 107 cm³/mol. The van der Waals surface area contributed by atoms with E-state index >= 15 is 0 Å². The summed E-state index contributed by atoms with van der Waals surface area (Å²) in [6.07, 6.45) is 7.72. The third-order valence-electron chi connectivity index (χ3n) is 6.18. The molecule has 0 spiro atoms. The van der Waals surface area contributed by atoms with Crippen molar-refractivity contribution >= 4 is 11.8 Å². The first kappa shape index (κ1) is 19.8. The number of hydrogen-bond acceptors (Lipinski definition) is 5. The fourth-order valence-corrected chi connectivity index (χ4v) is 4.63. The predicted octanol–water partition coefficient (Wildman–Crippen LogP) is 2.85. The zero-order valence-corrected chi connectivity index (χ0v) is 17.0. The normalized spacial score (nSPS) is 19.4. The van der Waals surface area contributed by atoms with Crippen molar-refractivity contribution in [2.75, 3.05) is 33.2 Å². The van der Waals surface area contributed by atoms with E-state index in [0.29, 0.717) is 44.4 Å². The fourth-order valence-electron chi connectivity index (χ4n) is 4.63. The molecule has 1 aliphatic carbocycles. The Morgan fingerprint density at radius 2 is 1.76 bits per heavy atom. The molecule has 2 aromatic heterocycles. The summed E-state index contributed by atoms with van der Waals surface area (Å²) in [5.41, 5.74) is 0. The minimum atomic E-state index is -0.127. The molecule has 7 heteroatoms. The van der Waals surface area contributed by atoms with Gasteiger partial charge in [0, 0.05) is 33.2 Å². The average Bonchev–Trinajstić information content (AvgIpc) is 3.51.